The molecule has 1 aliphatic rings. The summed E-state index contributed by atoms with van der Waals surface area (Å²) in [4.78, 5) is 22.1. The van der Waals surface area contributed by atoms with E-state index in [0.29, 0.717) is 12.3 Å². The zero-order valence-corrected chi connectivity index (χ0v) is 18.8. The normalized spacial score (nSPS) is 14.6. The van der Waals surface area contributed by atoms with Gasteiger partial charge in [0.25, 0.3) is 5.91 Å². The van der Waals surface area contributed by atoms with Crippen LogP contribution >= 0.6 is 11.3 Å². The highest BCUT2D eigenvalue weighted by atomic mass is 32.1. The number of para-hydroxylation sites is 1. The smallest absolute Gasteiger partial charge is 0.266 e. The van der Waals surface area contributed by atoms with E-state index in [4.69, 9.17) is 14.5 Å². The van der Waals surface area contributed by atoms with Gasteiger partial charge in [-0.15, -0.1) is 0 Å². The van der Waals surface area contributed by atoms with Gasteiger partial charge in [-0.25, -0.2) is 4.98 Å². The number of hydrogen-bond acceptors (Lipinski definition) is 6. The van der Waals surface area contributed by atoms with Gasteiger partial charge in [-0.2, -0.15) is 0 Å². The van der Waals surface area contributed by atoms with Crippen molar-refractivity contribution in [2.45, 2.75) is 19.8 Å². The van der Waals surface area contributed by atoms with E-state index in [-0.39, 0.29) is 12.5 Å². The molecule has 1 amide bonds. The number of anilines is 1. The molecule has 3 aromatic rings. The Hall–Kier alpha value is -2.48. The van der Waals surface area contributed by atoms with Crippen LogP contribution in [0, 0.1) is 0 Å². The second kappa shape index (κ2) is 10.7. The maximum Gasteiger partial charge on any atom is 0.266 e. The van der Waals surface area contributed by atoms with Crippen molar-refractivity contribution in [3.05, 3.63) is 54.1 Å². The molecule has 0 aliphatic carbocycles. The Bertz CT molecular complexity index is 986. The molecule has 1 aromatic heterocycles. The maximum atomic E-state index is 13.1. The number of rotatable bonds is 9. The molecule has 6 nitrogen and oxygen atoms in total. The first-order chi connectivity index (χ1) is 15.2. The lowest BCUT2D eigenvalue weighted by atomic mass is 10.2. The minimum atomic E-state index is -0.0689. The van der Waals surface area contributed by atoms with E-state index in [1.807, 2.05) is 36.4 Å². The Balaban J connectivity index is 1.47. The number of amides is 1. The third-order valence-electron chi connectivity index (χ3n) is 5.45. The van der Waals surface area contributed by atoms with E-state index in [0.717, 1.165) is 61.0 Å². The second-order valence-corrected chi connectivity index (χ2v) is 8.62. The predicted octanol–water partition coefficient (Wildman–Crippen LogP) is 3.99. The van der Waals surface area contributed by atoms with Crippen molar-refractivity contribution in [2.75, 3.05) is 50.9 Å². The molecule has 0 N–H and O–H groups in total. The lowest BCUT2D eigenvalue weighted by molar-refractivity contribution is -0.120. The first-order valence-corrected chi connectivity index (χ1v) is 11.7. The van der Waals surface area contributed by atoms with Gasteiger partial charge in [0, 0.05) is 26.2 Å². The zero-order chi connectivity index (χ0) is 21.5. The quantitative estimate of drug-likeness (QED) is 0.505. The van der Waals surface area contributed by atoms with Gasteiger partial charge < -0.3 is 9.47 Å². The van der Waals surface area contributed by atoms with Gasteiger partial charge >= 0.3 is 0 Å². The lowest BCUT2D eigenvalue weighted by Gasteiger charge is -2.27. The molecule has 1 fully saturated rings. The molecule has 0 atom stereocenters. The molecule has 0 bridgehead atoms. The molecular weight excluding hydrogens is 410 g/mol. The number of aromatic nitrogens is 1. The van der Waals surface area contributed by atoms with Crippen molar-refractivity contribution in [2.24, 2.45) is 0 Å². The Morgan fingerprint density at radius 2 is 2.00 bits per heavy atom. The van der Waals surface area contributed by atoms with Gasteiger partial charge in [-0.1, -0.05) is 42.5 Å². The predicted molar refractivity (Wildman–Crippen MR) is 125 cm³/mol. The molecule has 0 radical (unpaired) electrons. The summed E-state index contributed by atoms with van der Waals surface area (Å²) >= 11 is 1.58. The highest BCUT2D eigenvalue weighted by Gasteiger charge is 2.21. The fourth-order valence-electron chi connectivity index (χ4n) is 3.64. The first-order valence-electron chi connectivity index (χ1n) is 10.9. The highest BCUT2D eigenvalue weighted by molar-refractivity contribution is 7.22. The SMILES string of the molecule is CCc1ccc2nc(N(CCCN3CCOCC3)C(=O)COc3ccccc3)sc2c1. The Labute approximate surface area is 187 Å². The van der Waals surface area contributed by atoms with Gasteiger partial charge in [0.1, 0.15) is 5.75 Å². The number of aryl methyl sites for hydroxylation is 1. The second-order valence-electron chi connectivity index (χ2n) is 7.61. The van der Waals surface area contributed by atoms with Crippen molar-refractivity contribution >= 4 is 32.6 Å². The summed E-state index contributed by atoms with van der Waals surface area (Å²) in [5.41, 5.74) is 2.22. The molecule has 0 saturated carbocycles. The van der Waals surface area contributed by atoms with Crippen LogP contribution in [0.3, 0.4) is 0 Å². The average molecular weight is 440 g/mol. The topological polar surface area (TPSA) is 54.9 Å². The number of morpholine rings is 1. The van der Waals surface area contributed by atoms with E-state index in [1.54, 1.807) is 16.2 Å². The maximum absolute atomic E-state index is 13.1. The minimum Gasteiger partial charge on any atom is -0.484 e. The summed E-state index contributed by atoms with van der Waals surface area (Å²) in [6.45, 7) is 7.17. The lowest BCUT2D eigenvalue weighted by Crippen LogP contribution is -2.40. The molecule has 2 aromatic carbocycles. The summed E-state index contributed by atoms with van der Waals surface area (Å²) in [6, 6.07) is 15.8. The van der Waals surface area contributed by atoms with Crippen molar-refractivity contribution < 1.29 is 14.3 Å². The largest absolute Gasteiger partial charge is 0.484 e. The molecule has 0 unspecified atom stereocenters. The van der Waals surface area contributed by atoms with Crippen molar-refractivity contribution in [3.8, 4) is 5.75 Å². The Morgan fingerprint density at radius 1 is 1.19 bits per heavy atom. The van der Waals surface area contributed by atoms with E-state index in [2.05, 4.69) is 24.0 Å². The number of hydrogen-bond donors (Lipinski definition) is 0. The summed E-state index contributed by atoms with van der Waals surface area (Å²) < 4.78 is 12.3. The standard InChI is InChI=1S/C24H29N3O3S/c1-2-19-9-10-21-22(17-19)31-24(25-21)27(12-6-11-26-13-15-29-16-14-26)23(28)18-30-20-7-4-3-5-8-20/h3-5,7-10,17H,2,6,11-16,18H2,1H3. The van der Waals surface area contributed by atoms with Gasteiger partial charge in [0.2, 0.25) is 0 Å². The number of fused-ring (bicyclic) bond motifs is 1. The van der Waals surface area contributed by atoms with E-state index in [1.165, 1.54) is 5.56 Å². The van der Waals surface area contributed by atoms with Crippen LogP contribution in [-0.2, 0) is 16.0 Å². The molecule has 0 spiro atoms. The average Bonchev–Trinajstić information content (AvgIpc) is 3.24. The molecule has 7 heteroatoms. The number of thiazole rings is 1. The van der Waals surface area contributed by atoms with Gasteiger partial charge in [0.15, 0.2) is 11.7 Å². The van der Waals surface area contributed by atoms with Crippen molar-refractivity contribution in [1.29, 1.82) is 0 Å². The van der Waals surface area contributed by atoms with E-state index >= 15 is 0 Å². The molecule has 1 aliphatic heterocycles. The molecule has 2 heterocycles. The number of carbonyl (C=O) groups is 1. The highest BCUT2D eigenvalue weighted by Crippen LogP contribution is 2.30. The van der Waals surface area contributed by atoms with Crippen molar-refractivity contribution in [3.63, 3.8) is 0 Å². The fourth-order valence-corrected chi connectivity index (χ4v) is 4.71. The van der Waals surface area contributed by atoms with Crippen LogP contribution in [-0.4, -0.2) is 61.8 Å². The van der Waals surface area contributed by atoms with Crippen LogP contribution in [0.25, 0.3) is 10.2 Å². The number of nitrogens with zero attached hydrogens (tertiary/aromatic N) is 3. The number of ether oxygens (including phenoxy) is 2. The minimum absolute atomic E-state index is 0.00228. The van der Waals surface area contributed by atoms with Gasteiger partial charge in [0.05, 0.1) is 23.4 Å². The molecule has 31 heavy (non-hydrogen) atoms. The van der Waals surface area contributed by atoms with E-state index < -0.39 is 0 Å². The summed E-state index contributed by atoms with van der Waals surface area (Å²) in [7, 11) is 0. The molecule has 1 saturated heterocycles. The van der Waals surface area contributed by atoms with Crippen molar-refractivity contribution in [1.82, 2.24) is 9.88 Å². The molecular formula is C24H29N3O3S. The molecule has 164 valence electrons. The number of benzene rings is 2. The third-order valence-corrected chi connectivity index (χ3v) is 6.49. The summed E-state index contributed by atoms with van der Waals surface area (Å²) in [5.74, 6) is 0.626. The first kappa shape index (κ1) is 21.7. The van der Waals surface area contributed by atoms with Crippen LogP contribution in [0.4, 0.5) is 5.13 Å². The number of carbonyl (C=O) groups excluding carboxylic acids is 1. The van der Waals surface area contributed by atoms with Crippen LogP contribution < -0.4 is 9.64 Å². The van der Waals surface area contributed by atoms with Gasteiger partial charge in [-0.3, -0.25) is 14.6 Å². The summed E-state index contributed by atoms with van der Waals surface area (Å²) in [5, 5.41) is 0.742. The zero-order valence-electron chi connectivity index (χ0n) is 18.0. The van der Waals surface area contributed by atoms with Crippen LogP contribution in [0.1, 0.15) is 18.9 Å². The van der Waals surface area contributed by atoms with Gasteiger partial charge in [-0.05, 0) is 42.7 Å². The third kappa shape index (κ3) is 5.81. The molecule has 4 rings (SSSR count). The van der Waals surface area contributed by atoms with Crippen LogP contribution in [0.2, 0.25) is 0 Å². The Kier molecular flexibility index (Phi) is 7.51. The van der Waals surface area contributed by atoms with E-state index in [9.17, 15) is 4.79 Å². The van der Waals surface area contributed by atoms with Crippen LogP contribution in [0.15, 0.2) is 48.5 Å². The Morgan fingerprint density at radius 3 is 2.77 bits per heavy atom. The monoisotopic (exact) mass is 439 g/mol. The summed E-state index contributed by atoms with van der Waals surface area (Å²) in [6.07, 6.45) is 1.86. The van der Waals surface area contributed by atoms with Crippen LogP contribution in [0.5, 0.6) is 5.75 Å². The fraction of sp³-hybridized carbons (Fsp3) is 0.417.